The third-order valence-corrected chi connectivity index (χ3v) is 2.38. The van der Waals surface area contributed by atoms with E-state index in [0.717, 1.165) is 0 Å². The largest absolute Gasteiger partial charge is 0.391 e. The molecule has 1 heterocycles. The van der Waals surface area contributed by atoms with Gasteiger partial charge in [-0.15, -0.1) is 0 Å². The molecule has 2 atom stereocenters. The fourth-order valence-corrected chi connectivity index (χ4v) is 1.49. The highest BCUT2D eigenvalue weighted by molar-refractivity contribution is 5.78. The minimum atomic E-state index is -0.326. The zero-order valence-electron chi connectivity index (χ0n) is 7.95. The van der Waals surface area contributed by atoms with Crippen molar-refractivity contribution in [1.29, 1.82) is 0 Å². The van der Waals surface area contributed by atoms with E-state index in [1.54, 1.807) is 4.90 Å². The summed E-state index contributed by atoms with van der Waals surface area (Å²) in [7, 11) is 0. The molecule has 3 nitrogen and oxygen atoms in total. The van der Waals surface area contributed by atoms with Crippen LogP contribution < -0.4 is 0 Å². The van der Waals surface area contributed by atoms with Crippen LogP contribution in [0, 0.1) is 11.8 Å². The number of amides is 1. The van der Waals surface area contributed by atoms with Crippen LogP contribution in [-0.2, 0) is 4.79 Å². The third-order valence-electron chi connectivity index (χ3n) is 2.38. The zero-order valence-corrected chi connectivity index (χ0v) is 7.95. The number of β-amino-alcohol motifs (C(OH)–C–C–N with tert-alkyl or cyclic N) is 1. The molecule has 70 valence electrons. The summed E-state index contributed by atoms with van der Waals surface area (Å²) >= 11 is 0. The minimum Gasteiger partial charge on any atom is -0.391 e. The maximum atomic E-state index is 11.5. The molecule has 0 unspecified atom stereocenters. The molecule has 0 radical (unpaired) electrons. The maximum Gasteiger partial charge on any atom is 0.225 e. The molecular weight excluding hydrogens is 154 g/mol. The first-order chi connectivity index (χ1) is 5.52. The van der Waals surface area contributed by atoms with Crippen LogP contribution in [-0.4, -0.2) is 35.1 Å². The van der Waals surface area contributed by atoms with Gasteiger partial charge in [0.15, 0.2) is 0 Å². The molecule has 12 heavy (non-hydrogen) atoms. The molecule has 0 saturated carbocycles. The van der Waals surface area contributed by atoms with Crippen LogP contribution in [0.1, 0.15) is 20.8 Å². The average Bonchev–Trinajstić information content (AvgIpc) is 2.30. The molecule has 1 fully saturated rings. The zero-order chi connectivity index (χ0) is 9.30. The summed E-state index contributed by atoms with van der Waals surface area (Å²) in [6, 6.07) is 0. The first-order valence-corrected chi connectivity index (χ1v) is 4.49. The van der Waals surface area contributed by atoms with Crippen LogP contribution >= 0.6 is 0 Å². The van der Waals surface area contributed by atoms with Gasteiger partial charge < -0.3 is 10.0 Å². The van der Waals surface area contributed by atoms with Crippen molar-refractivity contribution >= 4 is 5.91 Å². The van der Waals surface area contributed by atoms with E-state index in [1.165, 1.54) is 0 Å². The van der Waals surface area contributed by atoms with Gasteiger partial charge in [0.05, 0.1) is 6.10 Å². The number of nitrogens with zero attached hydrogens (tertiary/aromatic N) is 1. The Balaban J connectivity index is 2.52. The van der Waals surface area contributed by atoms with E-state index in [4.69, 9.17) is 0 Å². The number of hydrogen-bond donors (Lipinski definition) is 1. The predicted octanol–water partition coefficient (Wildman–Crippen LogP) is 0.482. The molecule has 3 heteroatoms. The second kappa shape index (κ2) is 3.44. The Morgan fingerprint density at radius 2 is 2.08 bits per heavy atom. The van der Waals surface area contributed by atoms with Crippen molar-refractivity contribution in [2.45, 2.75) is 26.9 Å². The standard InChI is InChI=1S/C9H17NO2/c1-6(2)9(12)10-4-7(3)8(11)5-10/h6-8,11H,4-5H2,1-3H3/t7-,8-/m1/s1. The molecule has 1 saturated heterocycles. The lowest BCUT2D eigenvalue weighted by atomic mass is 10.1. The van der Waals surface area contributed by atoms with E-state index in [1.807, 2.05) is 20.8 Å². The molecule has 1 amide bonds. The van der Waals surface area contributed by atoms with Gasteiger partial charge in [0.1, 0.15) is 0 Å². The molecule has 0 aromatic carbocycles. The molecule has 0 aromatic rings. The smallest absolute Gasteiger partial charge is 0.225 e. The van der Waals surface area contributed by atoms with E-state index in [2.05, 4.69) is 0 Å². The van der Waals surface area contributed by atoms with Gasteiger partial charge in [-0.25, -0.2) is 0 Å². The van der Waals surface area contributed by atoms with E-state index in [9.17, 15) is 9.90 Å². The Hall–Kier alpha value is -0.570. The number of rotatable bonds is 1. The molecule has 1 rings (SSSR count). The molecule has 1 aliphatic heterocycles. The van der Waals surface area contributed by atoms with E-state index in [0.29, 0.717) is 13.1 Å². The molecular formula is C9H17NO2. The molecule has 0 aliphatic carbocycles. The molecule has 1 aliphatic rings. The predicted molar refractivity (Wildman–Crippen MR) is 46.6 cm³/mol. The van der Waals surface area contributed by atoms with Crippen LogP contribution in [0.15, 0.2) is 0 Å². The van der Waals surface area contributed by atoms with Crippen LogP contribution in [0.25, 0.3) is 0 Å². The lowest BCUT2D eigenvalue weighted by molar-refractivity contribution is -0.133. The van der Waals surface area contributed by atoms with Crippen LogP contribution in [0.4, 0.5) is 0 Å². The average molecular weight is 171 g/mol. The normalized spacial score (nSPS) is 29.9. The van der Waals surface area contributed by atoms with Crippen molar-refractivity contribution in [1.82, 2.24) is 4.90 Å². The Morgan fingerprint density at radius 1 is 1.50 bits per heavy atom. The maximum absolute atomic E-state index is 11.5. The highest BCUT2D eigenvalue weighted by Crippen LogP contribution is 2.17. The lowest BCUT2D eigenvalue weighted by Gasteiger charge is -2.17. The van der Waals surface area contributed by atoms with Crippen LogP contribution in [0.3, 0.4) is 0 Å². The molecule has 0 spiro atoms. The van der Waals surface area contributed by atoms with E-state index >= 15 is 0 Å². The van der Waals surface area contributed by atoms with E-state index in [-0.39, 0.29) is 23.8 Å². The highest BCUT2D eigenvalue weighted by Gasteiger charge is 2.31. The van der Waals surface area contributed by atoms with Gasteiger partial charge in [-0.05, 0) is 0 Å². The summed E-state index contributed by atoms with van der Waals surface area (Å²) in [5, 5.41) is 9.40. The number of aliphatic hydroxyl groups excluding tert-OH is 1. The lowest BCUT2D eigenvalue weighted by Crippen LogP contribution is -2.32. The van der Waals surface area contributed by atoms with Gasteiger partial charge in [-0.2, -0.15) is 0 Å². The summed E-state index contributed by atoms with van der Waals surface area (Å²) in [6.07, 6.45) is -0.326. The fourth-order valence-electron chi connectivity index (χ4n) is 1.49. The van der Waals surface area contributed by atoms with Crippen LogP contribution in [0.5, 0.6) is 0 Å². The van der Waals surface area contributed by atoms with E-state index < -0.39 is 0 Å². The van der Waals surface area contributed by atoms with Gasteiger partial charge in [0, 0.05) is 24.9 Å². The quantitative estimate of drug-likeness (QED) is 0.623. The fraction of sp³-hybridized carbons (Fsp3) is 0.889. The molecule has 0 aromatic heterocycles. The van der Waals surface area contributed by atoms with Crippen molar-refractivity contribution in [2.75, 3.05) is 13.1 Å². The summed E-state index contributed by atoms with van der Waals surface area (Å²) < 4.78 is 0. The SMILES string of the molecule is CC(C)C(=O)N1C[C@@H](C)[C@H](O)C1. The summed E-state index contributed by atoms with van der Waals surface area (Å²) in [4.78, 5) is 13.2. The third kappa shape index (κ3) is 1.78. The molecule has 0 bridgehead atoms. The number of likely N-dealkylation sites (tertiary alicyclic amines) is 1. The van der Waals surface area contributed by atoms with Crippen molar-refractivity contribution < 1.29 is 9.90 Å². The Kier molecular flexibility index (Phi) is 2.73. The minimum absolute atomic E-state index is 0.0440. The molecule has 1 N–H and O–H groups in total. The first kappa shape index (κ1) is 9.52. The van der Waals surface area contributed by atoms with Gasteiger partial charge in [-0.3, -0.25) is 4.79 Å². The van der Waals surface area contributed by atoms with Gasteiger partial charge in [0.25, 0.3) is 0 Å². The van der Waals surface area contributed by atoms with Crippen LogP contribution in [0.2, 0.25) is 0 Å². The second-order valence-corrected chi connectivity index (χ2v) is 3.94. The number of hydrogen-bond acceptors (Lipinski definition) is 2. The Bertz CT molecular complexity index is 169. The summed E-state index contributed by atoms with van der Waals surface area (Å²) in [5.41, 5.74) is 0. The Labute approximate surface area is 73.4 Å². The summed E-state index contributed by atoms with van der Waals surface area (Å²) in [5.74, 6) is 0.425. The monoisotopic (exact) mass is 171 g/mol. The van der Waals surface area contributed by atoms with Crippen molar-refractivity contribution in [3.8, 4) is 0 Å². The number of carbonyl (C=O) groups excluding carboxylic acids is 1. The first-order valence-electron chi connectivity index (χ1n) is 4.49. The number of carbonyl (C=O) groups is 1. The van der Waals surface area contributed by atoms with Crippen molar-refractivity contribution in [3.63, 3.8) is 0 Å². The highest BCUT2D eigenvalue weighted by atomic mass is 16.3. The Morgan fingerprint density at radius 3 is 2.42 bits per heavy atom. The summed E-state index contributed by atoms with van der Waals surface area (Å²) in [6.45, 7) is 6.96. The van der Waals surface area contributed by atoms with Crippen molar-refractivity contribution in [3.05, 3.63) is 0 Å². The second-order valence-electron chi connectivity index (χ2n) is 3.94. The topological polar surface area (TPSA) is 40.5 Å². The van der Waals surface area contributed by atoms with Gasteiger partial charge >= 0.3 is 0 Å². The van der Waals surface area contributed by atoms with Crippen molar-refractivity contribution in [2.24, 2.45) is 11.8 Å². The van der Waals surface area contributed by atoms with Gasteiger partial charge in [0.2, 0.25) is 5.91 Å². The number of aliphatic hydroxyl groups is 1. The van der Waals surface area contributed by atoms with Gasteiger partial charge in [-0.1, -0.05) is 20.8 Å².